The van der Waals surface area contributed by atoms with E-state index in [4.69, 9.17) is 11.6 Å². The van der Waals surface area contributed by atoms with Gasteiger partial charge in [-0.3, -0.25) is 0 Å². The Kier molecular flexibility index (Phi) is 4.06. The molecule has 1 aromatic carbocycles. The third kappa shape index (κ3) is 3.09. The SMILES string of the molecule is CC1C(Cl)CCC1Cc1ccc(C(C)(C)C)cc1. The molecule has 1 aliphatic rings. The van der Waals surface area contributed by atoms with E-state index in [1.54, 1.807) is 0 Å². The summed E-state index contributed by atoms with van der Waals surface area (Å²) in [6.45, 7) is 9.09. The van der Waals surface area contributed by atoms with Gasteiger partial charge < -0.3 is 0 Å². The van der Waals surface area contributed by atoms with Crippen LogP contribution >= 0.6 is 11.6 Å². The van der Waals surface area contributed by atoms with Crippen LogP contribution < -0.4 is 0 Å². The summed E-state index contributed by atoms with van der Waals surface area (Å²) in [6.07, 6.45) is 3.67. The van der Waals surface area contributed by atoms with Gasteiger partial charge >= 0.3 is 0 Å². The molecule has 0 aromatic heterocycles. The van der Waals surface area contributed by atoms with Gasteiger partial charge in [-0.25, -0.2) is 0 Å². The topological polar surface area (TPSA) is 0 Å². The van der Waals surface area contributed by atoms with Gasteiger partial charge in [0.15, 0.2) is 0 Å². The van der Waals surface area contributed by atoms with Crippen molar-refractivity contribution in [1.29, 1.82) is 0 Å². The fraction of sp³-hybridized carbons (Fsp3) is 0.647. The molecule has 0 radical (unpaired) electrons. The number of benzene rings is 1. The van der Waals surface area contributed by atoms with Crippen molar-refractivity contribution in [2.24, 2.45) is 11.8 Å². The molecule has 2 rings (SSSR count). The lowest BCUT2D eigenvalue weighted by molar-refractivity contribution is 0.419. The van der Waals surface area contributed by atoms with Gasteiger partial charge in [0.1, 0.15) is 0 Å². The Balaban J connectivity index is 2.03. The molecule has 0 amide bonds. The Morgan fingerprint density at radius 3 is 2.17 bits per heavy atom. The Morgan fingerprint density at radius 1 is 1.11 bits per heavy atom. The highest BCUT2D eigenvalue weighted by molar-refractivity contribution is 6.20. The molecule has 0 heterocycles. The summed E-state index contributed by atoms with van der Waals surface area (Å²) in [4.78, 5) is 0. The van der Waals surface area contributed by atoms with Crippen molar-refractivity contribution >= 4 is 11.6 Å². The van der Waals surface area contributed by atoms with Crippen molar-refractivity contribution < 1.29 is 0 Å². The largest absolute Gasteiger partial charge is 0.123 e. The minimum atomic E-state index is 0.250. The highest BCUT2D eigenvalue weighted by Gasteiger charge is 2.31. The van der Waals surface area contributed by atoms with E-state index in [0.29, 0.717) is 11.3 Å². The van der Waals surface area contributed by atoms with E-state index in [-0.39, 0.29) is 5.41 Å². The first-order chi connectivity index (χ1) is 8.38. The van der Waals surface area contributed by atoms with Crippen LogP contribution in [0.15, 0.2) is 24.3 Å². The van der Waals surface area contributed by atoms with Gasteiger partial charge in [0.05, 0.1) is 0 Å². The molecule has 18 heavy (non-hydrogen) atoms. The zero-order valence-corrected chi connectivity index (χ0v) is 12.8. The fourth-order valence-corrected chi connectivity index (χ4v) is 3.26. The first-order valence-electron chi connectivity index (χ1n) is 7.11. The van der Waals surface area contributed by atoms with Crippen molar-refractivity contribution in [3.05, 3.63) is 35.4 Å². The van der Waals surface area contributed by atoms with E-state index in [1.807, 2.05) is 0 Å². The minimum Gasteiger partial charge on any atom is -0.123 e. The molecule has 0 N–H and O–H groups in total. The molecule has 0 aliphatic heterocycles. The van der Waals surface area contributed by atoms with Crippen LogP contribution in [0.25, 0.3) is 0 Å². The molecular formula is C17H25Cl. The molecule has 3 unspecified atom stereocenters. The fourth-order valence-electron chi connectivity index (χ4n) is 2.93. The smallest absolute Gasteiger partial charge is 0.0364 e. The monoisotopic (exact) mass is 264 g/mol. The van der Waals surface area contributed by atoms with Crippen LogP contribution in [-0.2, 0) is 11.8 Å². The Morgan fingerprint density at radius 2 is 1.72 bits per heavy atom. The molecule has 1 saturated carbocycles. The molecule has 0 spiro atoms. The number of hydrogen-bond donors (Lipinski definition) is 0. The van der Waals surface area contributed by atoms with Crippen molar-refractivity contribution in [3.63, 3.8) is 0 Å². The molecule has 0 bridgehead atoms. The standard InChI is InChI=1S/C17H25Cl/c1-12-14(7-10-16(12)18)11-13-5-8-15(9-6-13)17(2,3)4/h5-6,8-9,12,14,16H,7,10-11H2,1-4H3. The summed E-state index contributed by atoms with van der Waals surface area (Å²) in [5.74, 6) is 1.43. The van der Waals surface area contributed by atoms with Crippen molar-refractivity contribution in [2.75, 3.05) is 0 Å². The number of alkyl halides is 1. The Labute approximate surface area is 117 Å². The predicted molar refractivity (Wildman–Crippen MR) is 80.4 cm³/mol. The molecular weight excluding hydrogens is 240 g/mol. The minimum absolute atomic E-state index is 0.250. The van der Waals surface area contributed by atoms with Gasteiger partial charge in [-0.2, -0.15) is 0 Å². The third-order valence-electron chi connectivity index (χ3n) is 4.45. The van der Waals surface area contributed by atoms with Crippen LogP contribution in [-0.4, -0.2) is 5.38 Å². The third-order valence-corrected chi connectivity index (χ3v) is 5.06. The van der Waals surface area contributed by atoms with E-state index in [2.05, 4.69) is 52.0 Å². The summed E-state index contributed by atoms with van der Waals surface area (Å²) < 4.78 is 0. The van der Waals surface area contributed by atoms with E-state index >= 15 is 0 Å². The number of halogens is 1. The summed E-state index contributed by atoms with van der Waals surface area (Å²) in [5, 5.41) is 0.392. The maximum Gasteiger partial charge on any atom is 0.0364 e. The molecule has 1 heteroatoms. The lowest BCUT2D eigenvalue weighted by atomic mass is 9.85. The number of rotatable bonds is 2. The average Bonchev–Trinajstić information content (AvgIpc) is 2.61. The highest BCUT2D eigenvalue weighted by atomic mass is 35.5. The Hall–Kier alpha value is -0.490. The Bertz CT molecular complexity index is 385. The second-order valence-electron chi connectivity index (χ2n) is 6.86. The summed E-state index contributed by atoms with van der Waals surface area (Å²) >= 11 is 6.31. The predicted octanol–water partition coefficient (Wildman–Crippen LogP) is 5.18. The zero-order chi connectivity index (χ0) is 13.3. The molecule has 0 saturated heterocycles. The molecule has 1 fully saturated rings. The zero-order valence-electron chi connectivity index (χ0n) is 12.0. The summed E-state index contributed by atoms with van der Waals surface area (Å²) in [6, 6.07) is 9.17. The van der Waals surface area contributed by atoms with Gasteiger partial charge in [0.25, 0.3) is 0 Å². The summed E-state index contributed by atoms with van der Waals surface area (Å²) in [5.41, 5.74) is 3.13. The second kappa shape index (κ2) is 5.25. The first-order valence-corrected chi connectivity index (χ1v) is 7.55. The van der Waals surface area contributed by atoms with Crippen molar-refractivity contribution in [3.8, 4) is 0 Å². The van der Waals surface area contributed by atoms with E-state index in [9.17, 15) is 0 Å². The second-order valence-corrected chi connectivity index (χ2v) is 7.42. The van der Waals surface area contributed by atoms with Gasteiger partial charge in [-0.15, -0.1) is 11.6 Å². The van der Waals surface area contributed by atoms with Crippen LogP contribution in [0.4, 0.5) is 0 Å². The van der Waals surface area contributed by atoms with Crippen LogP contribution in [0, 0.1) is 11.8 Å². The lowest BCUT2D eigenvalue weighted by Crippen LogP contribution is -2.14. The molecule has 0 nitrogen and oxygen atoms in total. The van der Waals surface area contributed by atoms with Crippen LogP contribution in [0.2, 0.25) is 0 Å². The van der Waals surface area contributed by atoms with E-state index < -0.39 is 0 Å². The maximum atomic E-state index is 6.31. The maximum absolute atomic E-state index is 6.31. The van der Waals surface area contributed by atoms with E-state index in [1.165, 1.54) is 30.4 Å². The molecule has 3 atom stereocenters. The molecule has 1 aromatic rings. The van der Waals surface area contributed by atoms with Crippen LogP contribution in [0.1, 0.15) is 51.7 Å². The lowest BCUT2D eigenvalue weighted by Gasteiger charge is -2.20. The average molecular weight is 265 g/mol. The van der Waals surface area contributed by atoms with E-state index in [0.717, 1.165) is 5.92 Å². The van der Waals surface area contributed by atoms with Crippen LogP contribution in [0.3, 0.4) is 0 Å². The normalized spacial score (nSPS) is 28.6. The van der Waals surface area contributed by atoms with Crippen LogP contribution in [0.5, 0.6) is 0 Å². The first kappa shape index (κ1) is 13.9. The van der Waals surface area contributed by atoms with Gasteiger partial charge in [0.2, 0.25) is 0 Å². The molecule has 1 aliphatic carbocycles. The quantitative estimate of drug-likeness (QED) is 0.646. The highest BCUT2D eigenvalue weighted by Crippen LogP contribution is 2.37. The van der Waals surface area contributed by atoms with Gasteiger partial charge in [-0.05, 0) is 47.6 Å². The van der Waals surface area contributed by atoms with Crippen molar-refractivity contribution in [2.45, 2.75) is 57.7 Å². The molecule has 100 valence electrons. The summed E-state index contributed by atoms with van der Waals surface area (Å²) in [7, 11) is 0. The number of hydrogen-bond acceptors (Lipinski definition) is 0. The van der Waals surface area contributed by atoms with Gasteiger partial charge in [-0.1, -0.05) is 52.0 Å². The van der Waals surface area contributed by atoms with Crippen molar-refractivity contribution in [1.82, 2.24) is 0 Å². The van der Waals surface area contributed by atoms with Gasteiger partial charge in [0, 0.05) is 5.38 Å².